The predicted molar refractivity (Wildman–Crippen MR) is 144 cm³/mol. The van der Waals surface area contributed by atoms with E-state index in [2.05, 4.69) is 5.32 Å². The standard InChI is InChI=1S/C31H36F6N2O3/c1-2-28(40)38-25-10-8-22(9-11-25)29(41)39-14-12-27(26(19-39)21-6-4-3-5-7-21)42-15-13-20-16-23(30(32,33)34)18-24(17-20)31(35,36)37/h3-7,16-18,22,25-27H,2,8-15,19H2,1H3,(H,38,40)/t22?,25?,26-,27-/m0/s1. The Morgan fingerprint density at radius 3 is 2.10 bits per heavy atom. The van der Waals surface area contributed by atoms with E-state index in [0.29, 0.717) is 38.8 Å². The van der Waals surface area contributed by atoms with E-state index >= 15 is 0 Å². The molecule has 0 unspecified atom stereocenters. The summed E-state index contributed by atoms with van der Waals surface area (Å²) in [4.78, 5) is 27.0. The zero-order valence-electron chi connectivity index (χ0n) is 23.4. The fourth-order valence-electron chi connectivity index (χ4n) is 5.91. The third-order valence-electron chi connectivity index (χ3n) is 8.22. The molecule has 1 heterocycles. The number of nitrogens with zero attached hydrogens (tertiary/aromatic N) is 1. The molecule has 1 aliphatic heterocycles. The molecule has 0 spiro atoms. The van der Waals surface area contributed by atoms with E-state index in [1.165, 1.54) is 0 Å². The lowest BCUT2D eigenvalue weighted by molar-refractivity contribution is -0.143. The molecule has 11 heteroatoms. The van der Waals surface area contributed by atoms with Crippen LogP contribution in [0.2, 0.25) is 0 Å². The summed E-state index contributed by atoms with van der Waals surface area (Å²) in [5.74, 6) is -0.251. The average molecular weight is 599 g/mol. The van der Waals surface area contributed by atoms with Crippen molar-refractivity contribution >= 4 is 11.8 Å². The number of carbonyl (C=O) groups is 2. The van der Waals surface area contributed by atoms with Crippen molar-refractivity contribution in [1.82, 2.24) is 10.2 Å². The van der Waals surface area contributed by atoms with E-state index < -0.39 is 23.5 Å². The number of carbonyl (C=O) groups excluding carboxylic acids is 2. The highest BCUT2D eigenvalue weighted by atomic mass is 19.4. The minimum absolute atomic E-state index is 0.00593. The molecule has 5 nitrogen and oxygen atoms in total. The van der Waals surface area contributed by atoms with Crippen molar-refractivity contribution in [2.45, 2.75) is 82.3 Å². The lowest BCUT2D eigenvalue weighted by Crippen LogP contribution is -2.49. The van der Waals surface area contributed by atoms with Crippen LogP contribution in [0.4, 0.5) is 26.3 Å². The number of rotatable bonds is 8. The number of hydrogen-bond acceptors (Lipinski definition) is 3. The van der Waals surface area contributed by atoms with Crippen molar-refractivity contribution in [2.24, 2.45) is 5.92 Å². The van der Waals surface area contributed by atoms with Crippen LogP contribution in [0.25, 0.3) is 0 Å². The summed E-state index contributed by atoms with van der Waals surface area (Å²) in [5, 5.41) is 3.00. The van der Waals surface area contributed by atoms with Gasteiger partial charge in [-0.1, -0.05) is 37.3 Å². The fourth-order valence-corrected chi connectivity index (χ4v) is 5.91. The molecule has 1 N–H and O–H groups in total. The zero-order chi connectivity index (χ0) is 30.5. The van der Waals surface area contributed by atoms with Crippen molar-refractivity contribution in [2.75, 3.05) is 19.7 Å². The van der Waals surface area contributed by atoms with Gasteiger partial charge in [-0.05, 0) is 67.9 Å². The van der Waals surface area contributed by atoms with Gasteiger partial charge >= 0.3 is 12.4 Å². The second-order valence-electron chi connectivity index (χ2n) is 11.1. The maximum Gasteiger partial charge on any atom is 0.416 e. The maximum atomic E-state index is 13.5. The van der Waals surface area contributed by atoms with Crippen LogP contribution in [0.15, 0.2) is 48.5 Å². The number of halogens is 6. The summed E-state index contributed by atoms with van der Waals surface area (Å²) in [6.07, 6.45) is -6.50. The van der Waals surface area contributed by atoms with Crippen LogP contribution in [0.1, 0.15) is 73.6 Å². The molecule has 1 saturated heterocycles. The number of nitrogens with one attached hydrogen (secondary N) is 1. The van der Waals surface area contributed by atoms with Crippen molar-refractivity contribution in [3.63, 3.8) is 0 Å². The summed E-state index contributed by atoms with van der Waals surface area (Å²) in [6.45, 7) is 2.59. The van der Waals surface area contributed by atoms with Crippen molar-refractivity contribution in [3.05, 3.63) is 70.8 Å². The Morgan fingerprint density at radius 2 is 1.52 bits per heavy atom. The van der Waals surface area contributed by atoms with Crippen LogP contribution >= 0.6 is 0 Å². The number of amides is 2. The third-order valence-corrected chi connectivity index (χ3v) is 8.22. The minimum atomic E-state index is -4.91. The number of ether oxygens (including phenoxy) is 1. The predicted octanol–water partition coefficient (Wildman–Crippen LogP) is 6.75. The van der Waals surface area contributed by atoms with E-state index in [9.17, 15) is 35.9 Å². The van der Waals surface area contributed by atoms with Gasteiger partial charge in [0.1, 0.15) is 0 Å². The fraction of sp³-hybridized carbons (Fsp3) is 0.548. The molecule has 1 aliphatic carbocycles. The topological polar surface area (TPSA) is 58.6 Å². The first-order chi connectivity index (χ1) is 19.8. The quantitative estimate of drug-likeness (QED) is 0.342. The number of benzene rings is 2. The molecule has 2 aromatic rings. The highest BCUT2D eigenvalue weighted by Gasteiger charge is 2.38. The summed E-state index contributed by atoms with van der Waals surface area (Å²) in [5.41, 5.74) is -1.85. The van der Waals surface area contributed by atoms with Crippen LogP contribution in [-0.2, 0) is 33.1 Å². The molecule has 2 fully saturated rings. The number of alkyl halides is 6. The van der Waals surface area contributed by atoms with Crippen LogP contribution in [0, 0.1) is 5.92 Å². The number of likely N-dealkylation sites (tertiary alicyclic amines) is 1. The smallest absolute Gasteiger partial charge is 0.377 e. The molecule has 2 atom stereocenters. The Balaban J connectivity index is 1.40. The molecular weight excluding hydrogens is 562 g/mol. The first-order valence-electron chi connectivity index (χ1n) is 14.4. The molecule has 42 heavy (non-hydrogen) atoms. The van der Waals surface area contributed by atoms with Gasteiger partial charge in [-0.25, -0.2) is 0 Å². The highest BCUT2D eigenvalue weighted by molar-refractivity contribution is 5.79. The van der Waals surface area contributed by atoms with Crippen molar-refractivity contribution in [3.8, 4) is 0 Å². The molecular formula is C31H36F6N2O3. The minimum Gasteiger partial charge on any atom is -0.377 e. The molecule has 0 bridgehead atoms. The van der Waals surface area contributed by atoms with E-state index in [0.717, 1.165) is 30.5 Å². The molecule has 230 valence electrons. The van der Waals surface area contributed by atoms with Crippen molar-refractivity contribution in [1.29, 1.82) is 0 Å². The van der Waals surface area contributed by atoms with Crippen LogP contribution in [0.5, 0.6) is 0 Å². The summed E-state index contributed by atoms with van der Waals surface area (Å²) in [6, 6.07) is 11.2. The maximum absolute atomic E-state index is 13.5. The van der Waals surface area contributed by atoms with Crippen LogP contribution < -0.4 is 5.32 Å². The summed E-state index contributed by atoms with van der Waals surface area (Å²) < 4.78 is 85.7. The van der Waals surface area contributed by atoms with Gasteiger partial charge in [0.05, 0.1) is 23.8 Å². The van der Waals surface area contributed by atoms with E-state index in [1.54, 1.807) is 6.92 Å². The third kappa shape index (κ3) is 8.26. The van der Waals surface area contributed by atoms with Crippen LogP contribution in [-0.4, -0.2) is 48.6 Å². The molecule has 0 radical (unpaired) electrons. The number of hydrogen-bond donors (Lipinski definition) is 1. The molecule has 2 aromatic carbocycles. The largest absolute Gasteiger partial charge is 0.416 e. The van der Waals surface area contributed by atoms with E-state index in [-0.39, 0.29) is 60.5 Å². The Kier molecular flexibility index (Phi) is 10.2. The van der Waals surface area contributed by atoms with Crippen molar-refractivity contribution < 1.29 is 40.7 Å². The second-order valence-corrected chi connectivity index (χ2v) is 11.1. The number of piperidine rings is 1. The Bertz CT molecular complexity index is 1180. The van der Waals surface area contributed by atoms with Gasteiger partial charge in [-0.2, -0.15) is 26.3 Å². The Hall–Kier alpha value is -3.08. The average Bonchev–Trinajstić information content (AvgIpc) is 2.96. The van der Waals surface area contributed by atoms with Crippen LogP contribution in [0.3, 0.4) is 0 Å². The monoisotopic (exact) mass is 598 g/mol. The Labute approximate surface area is 241 Å². The lowest BCUT2D eigenvalue weighted by Gasteiger charge is -2.41. The Morgan fingerprint density at radius 1 is 0.905 bits per heavy atom. The van der Waals surface area contributed by atoms with Gasteiger partial charge in [0.2, 0.25) is 11.8 Å². The van der Waals surface area contributed by atoms with E-state index in [1.807, 2.05) is 35.2 Å². The van der Waals surface area contributed by atoms with Gasteiger partial charge in [0, 0.05) is 37.4 Å². The van der Waals surface area contributed by atoms with Gasteiger partial charge in [0.25, 0.3) is 0 Å². The SMILES string of the molecule is CCC(=O)NC1CCC(C(=O)N2CC[C@H](OCCc3cc(C(F)(F)F)cc(C(F)(F)F)c3)[C@H](c3ccccc3)C2)CC1. The zero-order valence-corrected chi connectivity index (χ0v) is 23.4. The molecule has 0 aromatic heterocycles. The first-order valence-corrected chi connectivity index (χ1v) is 14.4. The highest BCUT2D eigenvalue weighted by Crippen LogP contribution is 2.37. The summed E-state index contributed by atoms with van der Waals surface area (Å²) in [7, 11) is 0. The van der Waals surface area contributed by atoms with Gasteiger partial charge < -0.3 is 15.0 Å². The van der Waals surface area contributed by atoms with Gasteiger partial charge in [0.15, 0.2) is 0 Å². The lowest BCUT2D eigenvalue weighted by atomic mass is 9.83. The van der Waals surface area contributed by atoms with Gasteiger partial charge in [-0.3, -0.25) is 9.59 Å². The molecule has 2 aliphatic rings. The molecule has 1 saturated carbocycles. The molecule has 2 amide bonds. The van der Waals surface area contributed by atoms with E-state index in [4.69, 9.17) is 4.74 Å². The first kappa shape index (κ1) is 31.8. The second kappa shape index (κ2) is 13.5. The normalized spacial score (nSPS) is 23.5. The van der Waals surface area contributed by atoms with Gasteiger partial charge in [-0.15, -0.1) is 0 Å². The summed E-state index contributed by atoms with van der Waals surface area (Å²) >= 11 is 0. The molecule has 4 rings (SSSR count).